The molecule has 0 unspecified atom stereocenters. The van der Waals surface area contributed by atoms with E-state index >= 15 is 0 Å². The summed E-state index contributed by atoms with van der Waals surface area (Å²) in [5.41, 5.74) is 3.50. The summed E-state index contributed by atoms with van der Waals surface area (Å²) in [6.07, 6.45) is -2.84. The Balaban J connectivity index is 1.13. The third kappa shape index (κ3) is 7.68. The number of morpholine rings is 1. The average Bonchev–Trinajstić information content (AvgIpc) is 3.54. The molecular formula is C36H34F3N5O5. The molecule has 0 spiro atoms. The Kier molecular flexibility index (Phi) is 9.56. The van der Waals surface area contributed by atoms with E-state index in [2.05, 4.69) is 25.8 Å². The van der Waals surface area contributed by atoms with E-state index in [9.17, 15) is 27.6 Å². The maximum absolute atomic E-state index is 13.1. The molecule has 13 heteroatoms. The number of carbonyl (C=O) groups is 3. The molecule has 4 aromatic rings. The molecule has 10 nitrogen and oxygen atoms in total. The van der Waals surface area contributed by atoms with Crippen molar-refractivity contribution in [1.82, 2.24) is 15.2 Å². The Morgan fingerprint density at radius 3 is 2.51 bits per heavy atom. The first-order chi connectivity index (χ1) is 23.5. The van der Waals surface area contributed by atoms with E-state index in [4.69, 9.17) is 9.47 Å². The number of halogens is 3. The average molecular weight is 674 g/mol. The minimum absolute atomic E-state index is 0.136. The molecule has 4 N–H and O–H groups in total. The zero-order valence-electron chi connectivity index (χ0n) is 26.8. The number of anilines is 2. The fourth-order valence-corrected chi connectivity index (χ4v) is 5.84. The van der Waals surface area contributed by atoms with Gasteiger partial charge in [0.15, 0.2) is 0 Å². The zero-order valence-corrected chi connectivity index (χ0v) is 26.8. The summed E-state index contributed by atoms with van der Waals surface area (Å²) in [4.78, 5) is 44.3. The number of carbonyl (C=O) groups excluding carboxylic acids is 3. The molecule has 0 bridgehead atoms. The molecule has 3 aromatic carbocycles. The minimum atomic E-state index is -4.57. The number of amides is 3. The second-order valence-electron chi connectivity index (χ2n) is 11.8. The molecule has 0 aliphatic carbocycles. The summed E-state index contributed by atoms with van der Waals surface area (Å²) >= 11 is 0. The predicted octanol–water partition coefficient (Wildman–Crippen LogP) is 6.25. The monoisotopic (exact) mass is 673 g/mol. The second-order valence-corrected chi connectivity index (χ2v) is 11.8. The lowest BCUT2D eigenvalue weighted by Gasteiger charge is -2.26. The van der Waals surface area contributed by atoms with Gasteiger partial charge < -0.3 is 30.4 Å². The SMILES string of the molecule is Cc1[nH]c(/C=C2\C(=O)Nc3cc(Oc4cccc(NC(=O)c5cccc(C(F)(F)F)c5)c4)ccc32)c(C)c1C(=O)NCCN1CCOCC1. The van der Waals surface area contributed by atoms with Crippen LogP contribution < -0.4 is 20.7 Å². The van der Waals surface area contributed by atoms with Crippen LogP contribution in [0.15, 0.2) is 66.7 Å². The van der Waals surface area contributed by atoms with Gasteiger partial charge in [-0.2, -0.15) is 13.2 Å². The molecule has 3 amide bonds. The number of aryl methyl sites for hydroxylation is 1. The van der Waals surface area contributed by atoms with Crippen molar-refractivity contribution in [3.05, 3.63) is 106 Å². The van der Waals surface area contributed by atoms with Gasteiger partial charge in [-0.1, -0.05) is 12.1 Å². The van der Waals surface area contributed by atoms with E-state index in [1.807, 2.05) is 13.8 Å². The topological polar surface area (TPSA) is 125 Å². The Morgan fingerprint density at radius 1 is 0.980 bits per heavy atom. The fraction of sp³-hybridized carbons (Fsp3) is 0.250. The lowest BCUT2D eigenvalue weighted by Crippen LogP contribution is -2.41. The highest BCUT2D eigenvalue weighted by atomic mass is 19.4. The van der Waals surface area contributed by atoms with Gasteiger partial charge in [0, 0.05) is 66.5 Å². The van der Waals surface area contributed by atoms with Crippen LogP contribution in [-0.4, -0.2) is 67.0 Å². The molecule has 3 heterocycles. The lowest BCUT2D eigenvalue weighted by atomic mass is 10.0. The summed E-state index contributed by atoms with van der Waals surface area (Å²) in [6.45, 7) is 7.99. The molecule has 2 aliphatic rings. The number of aromatic nitrogens is 1. The van der Waals surface area contributed by atoms with E-state index in [1.165, 1.54) is 18.2 Å². The van der Waals surface area contributed by atoms with Gasteiger partial charge >= 0.3 is 6.18 Å². The highest BCUT2D eigenvalue weighted by molar-refractivity contribution is 6.35. The molecule has 0 saturated carbocycles. The van der Waals surface area contributed by atoms with Gasteiger partial charge in [0.25, 0.3) is 17.7 Å². The molecule has 1 saturated heterocycles. The Bertz CT molecular complexity index is 1950. The molecule has 254 valence electrons. The van der Waals surface area contributed by atoms with Crippen molar-refractivity contribution in [1.29, 1.82) is 0 Å². The third-order valence-electron chi connectivity index (χ3n) is 8.36. The Morgan fingerprint density at radius 2 is 1.73 bits per heavy atom. The predicted molar refractivity (Wildman–Crippen MR) is 179 cm³/mol. The summed E-state index contributed by atoms with van der Waals surface area (Å²) in [5, 5.41) is 8.45. The number of hydrogen-bond donors (Lipinski definition) is 4. The lowest BCUT2D eigenvalue weighted by molar-refractivity contribution is -0.137. The quantitative estimate of drug-likeness (QED) is 0.156. The number of ether oxygens (including phenoxy) is 2. The van der Waals surface area contributed by atoms with Crippen LogP contribution in [0.2, 0.25) is 0 Å². The van der Waals surface area contributed by atoms with Crippen LogP contribution in [-0.2, 0) is 15.7 Å². The highest BCUT2D eigenvalue weighted by Crippen LogP contribution is 2.38. The van der Waals surface area contributed by atoms with Crippen molar-refractivity contribution in [2.75, 3.05) is 50.0 Å². The molecule has 49 heavy (non-hydrogen) atoms. The van der Waals surface area contributed by atoms with Crippen LogP contribution in [0.25, 0.3) is 11.6 Å². The first-order valence-corrected chi connectivity index (χ1v) is 15.7. The number of fused-ring (bicyclic) bond motifs is 1. The molecule has 1 fully saturated rings. The summed E-state index contributed by atoms with van der Waals surface area (Å²) in [5.74, 6) is -0.428. The highest BCUT2D eigenvalue weighted by Gasteiger charge is 2.31. The first-order valence-electron chi connectivity index (χ1n) is 15.7. The van der Waals surface area contributed by atoms with Gasteiger partial charge in [-0.05, 0) is 68.0 Å². The van der Waals surface area contributed by atoms with Crippen molar-refractivity contribution in [2.24, 2.45) is 0 Å². The van der Waals surface area contributed by atoms with Gasteiger partial charge in [-0.25, -0.2) is 0 Å². The molecule has 2 aliphatic heterocycles. The van der Waals surface area contributed by atoms with Crippen LogP contribution in [0, 0.1) is 13.8 Å². The van der Waals surface area contributed by atoms with Gasteiger partial charge in [-0.3, -0.25) is 19.3 Å². The van der Waals surface area contributed by atoms with Crippen molar-refractivity contribution in [3.63, 3.8) is 0 Å². The van der Waals surface area contributed by atoms with E-state index in [1.54, 1.807) is 42.5 Å². The second kappa shape index (κ2) is 14.0. The van der Waals surface area contributed by atoms with Crippen LogP contribution in [0.3, 0.4) is 0 Å². The third-order valence-corrected chi connectivity index (χ3v) is 8.36. The van der Waals surface area contributed by atoms with Crippen LogP contribution in [0.1, 0.15) is 48.8 Å². The number of alkyl halides is 3. The number of rotatable bonds is 9. The standard InChI is InChI=1S/C36H34F3N5O5/c1-21-30(41-22(2)32(21)35(47)40-11-12-44-13-15-48-16-14-44)20-29-28-10-9-27(19-31(28)43-34(29)46)49-26-8-4-7-25(18-26)42-33(45)23-5-3-6-24(17-23)36(37,38)39/h3-10,17-20,41H,11-16H2,1-2H3,(H,40,47)(H,42,45)(H,43,46)/b29-20-. The summed E-state index contributed by atoms with van der Waals surface area (Å²) in [6, 6.07) is 15.7. The molecule has 1 aromatic heterocycles. The largest absolute Gasteiger partial charge is 0.457 e. The van der Waals surface area contributed by atoms with E-state index < -0.39 is 17.6 Å². The van der Waals surface area contributed by atoms with Crippen molar-refractivity contribution < 1.29 is 37.0 Å². The number of nitrogens with one attached hydrogen (secondary N) is 4. The van der Waals surface area contributed by atoms with Crippen LogP contribution in [0.5, 0.6) is 11.5 Å². The number of benzene rings is 3. The van der Waals surface area contributed by atoms with Gasteiger partial charge in [0.2, 0.25) is 0 Å². The molecule has 0 radical (unpaired) electrons. The number of H-pyrrole nitrogens is 1. The molecular weight excluding hydrogens is 639 g/mol. The number of nitrogens with zero attached hydrogens (tertiary/aromatic N) is 1. The molecule has 0 atom stereocenters. The van der Waals surface area contributed by atoms with E-state index in [0.29, 0.717) is 70.7 Å². The maximum atomic E-state index is 13.1. The Hall–Kier alpha value is -5.40. The molecule has 6 rings (SSSR count). The normalized spacial score (nSPS) is 15.5. The summed E-state index contributed by atoms with van der Waals surface area (Å²) < 4.78 is 50.6. The number of aromatic amines is 1. The van der Waals surface area contributed by atoms with Gasteiger partial charge in [0.05, 0.1) is 35.6 Å². The van der Waals surface area contributed by atoms with E-state index in [-0.39, 0.29) is 17.4 Å². The zero-order chi connectivity index (χ0) is 34.7. The first kappa shape index (κ1) is 33.5. The number of hydrogen-bond acceptors (Lipinski definition) is 6. The fourth-order valence-electron chi connectivity index (χ4n) is 5.84. The van der Waals surface area contributed by atoms with Crippen molar-refractivity contribution >= 4 is 40.7 Å². The minimum Gasteiger partial charge on any atom is -0.457 e. The van der Waals surface area contributed by atoms with Crippen molar-refractivity contribution in [3.8, 4) is 11.5 Å². The van der Waals surface area contributed by atoms with Crippen LogP contribution in [0.4, 0.5) is 24.5 Å². The van der Waals surface area contributed by atoms with Gasteiger partial charge in [0.1, 0.15) is 11.5 Å². The van der Waals surface area contributed by atoms with Gasteiger partial charge in [-0.15, -0.1) is 0 Å². The Labute approximate surface area is 280 Å². The van der Waals surface area contributed by atoms with Crippen LogP contribution >= 0.6 is 0 Å². The maximum Gasteiger partial charge on any atom is 0.416 e. The van der Waals surface area contributed by atoms with Crippen molar-refractivity contribution in [2.45, 2.75) is 20.0 Å². The van der Waals surface area contributed by atoms with E-state index in [0.717, 1.165) is 37.3 Å². The smallest absolute Gasteiger partial charge is 0.416 e. The summed E-state index contributed by atoms with van der Waals surface area (Å²) in [7, 11) is 0.